The minimum absolute atomic E-state index is 0.349. The van der Waals surface area contributed by atoms with Gasteiger partial charge in [0.15, 0.2) is 0 Å². The summed E-state index contributed by atoms with van der Waals surface area (Å²) in [6, 6.07) is 9.07. The van der Waals surface area contributed by atoms with Crippen LogP contribution in [0.5, 0.6) is 0 Å². The fraction of sp³-hybridized carbons (Fsp3) is 0.188. The maximum absolute atomic E-state index is 11.4. The fourth-order valence-electron chi connectivity index (χ4n) is 2.28. The van der Waals surface area contributed by atoms with Gasteiger partial charge in [-0.15, -0.1) is 0 Å². The van der Waals surface area contributed by atoms with Crippen molar-refractivity contribution in [2.45, 2.75) is 19.0 Å². The number of carboxylic acids is 1. The molecule has 2 aromatic heterocycles. The van der Waals surface area contributed by atoms with Crippen LogP contribution in [0, 0.1) is 0 Å². The molecule has 1 aromatic carbocycles. The minimum Gasteiger partial charge on any atom is -0.480 e. The number of benzene rings is 1. The Morgan fingerprint density at radius 1 is 1.30 bits per heavy atom. The number of H-pyrrole nitrogens is 1. The van der Waals surface area contributed by atoms with E-state index in [2.05, 4.69) is 20.4 Å². The number of rotatable bonds is 7. The van der Waals surface area contributed by atoms with E-state index >= 15 is 0 Å². The van der Waals surface area contributed by atoms with Gasteiger partial charge < -0.3 is 10.1 Å². The second-order valence-corrected chi connectivity index (χ2v) is 5.18. The van der Waals surface area contributed by atoms with Gasteiger partial charge in [0.25, 0.3) is 0 Å². The predicted octanol–water partition coefficient (Wildman–Crippen LogP) is 1.38. The molecule has 0 aliphatic carbocycles. The highest BCUT2D eigenvalue weighted by Gasteiger charge is 2.18. The average Bonchev–Trinajstić information content (AvgIpc) is 3.24. The normalized spacial score (nSPS) is 12.2. The molecule has 0 aliphatic heterocycles. The lowest BCUT2D eigenvalue weighted by atomic mass is 10.1. The van der Waals surface area contributed by atoms with Crippen molar-refractivity contribution >= 4 is 5.97 Å². The SMILES string of the molecule is O=C(O)C(Cc1cnc[nH]1)NCc1cnn(-c2ccccc2)c1. The van der Waals surface area contributed by atoms with Crippen LogP contribution >= 0.6 is 0 Å². The first-order valence-corrected chi connectivity index (χ1v) is 7.25. The van der Waals surface area contributed by atoms with Gasteiger partial charge in [0.1, 0.15) is 6.04 Å². The molecule has 3 aromatic rings. The molecule has 0 amide bonds. The second-order valence-electron chi connectivity index (χ2n) is 5.18. The fourth-order valence-corrected chi connectivity index (χ4v) is 2.28. The largest absolute Gasteiger partial charge is 0.480 e. The van der Waals surface area contributed by atoms with E-state index in [9.17, 15) is 9.90 Å². The first kappa shape index (κ1) is 15.0. The number of hydrogen-bond donors (Lipinski definition) is 3. The third-order valence-electron chi connectivity index (χ3n) is 3.49. The molecule has 3 N–H and O–H groups in total. The van der Waals surface area contributed by atoms with Gasteiger partial charge in [0, 0.05) is 36.6 Å². The summed E-state index contributed by atoms with van der Waals surface area (Å²) in [6.07, 6.45) is 7.14. The highest BCUT2D eigenvalue weighted by molar-refractivity contribution is 5.73. The summed E-state index contributed by atoms with van der Waals surface area (Å²) in [6.45, 7) is 0.429. The summed E-state index contributed by atoms with van der Waals surface area (Å²) in [7, 11) is 0. The topological polar surface area (TPSA) is 95.8 Å². The van der Waals surface area contributed by atoms with Crippen LogP contribution in [-0.2, 0) is 17.8 Å². The Kier molecular flexibility index (Phi) is 4.49. The van der Waals surface area contributed by atoms with Crippen molar-refractivity contribution in [1.29, 1.82) is 0 Å². The van der Waals surface area contributed by atoms with Crippen LogP contribution in [-0.4, -0.2) is 36.9 Å². The molecule has 0 bridgehead atoms. The zero-order chi connectivity index (χ0) is 16.1. The average molecular weight is 311 g/mol. The van der Waals surface area contributed by atoms with Crippen LogP contribution in [0.15, 0.2) is 55.2 Å². The van der Waals surface area contributed by atoms with E-state index in [1.54, 1.807) is 17.1 Å². The van der Waals surface area contributed by atoms with Gasteiger partial charge in [-0.1, -0.05) is 18.2 Å². The van der Waals surface area contributed by atoms with E-state index in [0.29, 0.717) is 13.0 Å². The van der Waals surface area contributed by atoms with Gasteiger partial charge in [0.2, 0.25) is 0 Å². The number of para-hydroxylation sites is 1. The van der Waals surface area contributed by atoms with Gasteiger partial charge in [-0.2, -0.15) is 5.10 Å². The molecule has 0 radical (unpaired) electrons. The van der Waals surface area contributed by atoms with E-state index < -0.39 is 12.0 Å². The molecule has 7 heteroatoms. The van der Waals surface area contributed by atoms with Crippen molar-refractivity contribution in [3.63, 3.8) is 0 Å². The molecule has 0 fully saturated rings. The Balaban J connectivity index is 1.62. The van der Waals surface area contributed by atoms with Crippen molar-refractivity contribution in [3.8, 4) is 5.69 Å². The van der Waals surface area contributed by atoms with Crippen LogP contribution in [0.3, 0.4) is 0 Å². The van der Waals surface area contributed by atoms with E-state index in [1.165, 1.54) is 6.33 Å². The summed E-state index contributed by atoms with van der Waals surface area (Å²) in [5.41, 5.74) is 2.67. The summed E-state index contributed by atoms with van der Waals surface area (Å²) in [5, 5.41) is 16.7. The highest BCUT2D eigenvalue weighted by Crippen LogP contribution is 2.08. The molecule has 1 unspecified atom stereocenters. The zero-order valence-electron chi connectivity index (χ0n) is 12.4. The maximum atomic E-state index is 11.4. The lowest BCUT2D eigenvalue weighted by molar-refractivity contribution is -0.139. The van der Waals surface area contributed by atoms with Gasteiger partial charge in [-0.3, -0.25) is 10.1 Å². The van der Waals surface area contributed by atoms with E-state index in [4.69, 9.17) is 0 Å². The van der Waals surface area contributed by atoms with Crippen molar-refractivity contribution in [2.24, 2.45) is 0 Å². The van der Waals surface area contributed by atoms with Gasteiger partial charge >= 0.3 is 5.97 Å². The smallest absolute Gasteiger partial charge is 0.321 e. The molecular weight excluding hydrogens is 294 g/mol. The molecule has 7 nitrogen and oxygen atoms in total. The Morgan fingerprint density at radius 2 is 2.13 bits per heavy atom. The molecule has 118 valence electrons. The number of hydrogen-bond acceptors (Lipinski definition) is 4. The van der Waals surface area contributed by atoms with E-state index in [1.807, 2.05) is 36.5 Å². The highest BCUT2D eigenvalue weighted by atomic mass is 16.4. The number of aromatic amines is 1. The maximum Gasteiger partial charge on any atom is 0.321 e. The predicted molar refractivity (Wildman–Crippen MR) is 84.1 cm³/mol. The summed E-state index contributed by atoms with van der Waals surface area (Å²) in [4.78, 5) is 18.2. The van der Waals surface area contributed by atoms with E-state index in [-0.39, 0.29) is 0 Å². The number of nitrogens with one attached hydrogen (secondary N) is 2. The Morgan fingerprint density at radius 3 is 2.83 bits per heavy atom. The monoisotopic (exact) mass is 311 g/mol. The molecule has 2 heterocycles. The van der Waals surface area contributed by atoms with E-state index in [0.717, 1.165) is 16.9 Å². The molecule has 3 rings (SSSR count). The molecule has 1 atom stereocenters. The number of aromatic nitrogens is 4. The number of carbonyl (C=O) groups is 1. The van der Waals surface area contributed by atoms with Gasteiger partial charge in [-0.05, 0) is 12.1 Å². The lowest BCUT2D eigenvalue weighted by Crippen LogP contribution is -2.38. The number of nitrogens with zero attached hydrogens (tertiary/aromatic N) is 3. The Labute approximate surface area is 133 Å². The molecule has 23 heavy (non-hydrogen) atoms. The van der Waals surface area contributed by atoms with Crippen molar-refractivity contribution in [1.82, 2.24) is 25.1 Å². The standard InChI is InChI=1S/C16H17N5O2/c22-16(23)15(6-13-9-17-11-19-13)18-7-12-8-20-21(10-12)14-4-2-1-3-5-14/h1-5,8-11,15,18H,6-7H2,(H,17,19)(H,22,23). The molecular formula is C16H17N5O2. The third kappa shape index (κ3) is 3.83. The van der Waals surface area contributed by atoms with Gasteiger partial charge in [0.05, 0.1) is 18.2 Å². The molecule has 0 saturated heterocycles. The van der Waals surface area contributed by atoms with Crippen molar-refractivity contribution < 1.29 is 9.90 Å². The molecule has 0 aliphatic rings. The number of aliphatic carboxylic acids is 1. The van der Waals surface area contributed by atoms with Gasteiger partial charge in [-0.25, -0.2) is 9.67 Å². The van der Waals surface area contributed by atoms with Crippen LogP contribution in [0.4, 0.5) is 0 Å². The third-order valence-corrected chi connectivity index (χ3v) is 3.49. The summed E-state index contributed by atoms with van der Waals surface area (Å²) in [5.74, 6) is -0.893. The number of imidazole rings is 1. The second kappa shape index (κ2) is 6.89. The Bertz CT molecular complexity index is 752. The van der Waals surface area contributed by atoms with Crippen molar-refractivity contribution in [2.75, 3.05) is 0 Å². The quantitative estimate of drug-likeness (QED) is 0.612. The summed E-state index contributed by atoms with van der Waals surface area (Å²) >= 11 is 0. The first-order chi connectivity index (χ1) is 11.2. The van der Waals surface area contributed by atoms with Crippen LogP contribution in [0.2, 0.25) is 0 Å². The Hall–Kier alpha value is -2.93. The minimum atomic E-state index is -0.893. The van der Waals surface area contributed by atoms with Crippen molar-refractivity contribution in [3.05, 3.63) is 66.5 Å². The first-order valence-electron chi connectivity index (χ1n) is 7.25. The lowest BCUT2D eigenvalue weighted by Gasteiger charge is -2.12. The van der Waals surface area contributed by atoms with Crippen LogP contribution in [0.25, 0.3) is 5.69 Å². The number of carboxylic acid groups (broad SMARTS) is 1. The molecule has 0 saturated carbocycles. The summed E-state index contributed by atoms with van der Waals surface area (Å²) < 4.78 is 1.77. The zero-order valence-corrected chi connectivity index (χ0v) is 12.4. The van der Waals surface area contributed by atoms with Crippen LogP contribution in [0.1, 0.15) is 11.3 Å². The van der Waals surface area contributed by atoms with Crippen LogP contribution < -0.4 is 5.32 Å². The molecule has 0 spiro atoms.